The number of H-pyrrole nitrogens is 1. The minimum atomic E-state index is -0.381. The number of nitrogens with zero attached hydrogens (tertiary/aromatic N) is 5. The van der Waals surface area contributed by atoms with E-state index in [1.165, 1.54) is 24.7 Å². The Morgan fingerprint density at radius 1 is 1.15 bits per heavy atom. The van der Waals surface area contributed by atoms with Crippen LogP contribution >= 0.6 is 0 Å². The van der Waals surface area contributed by atoms with Crippen LogP contribution < -0.4 is 10.9 Å². The van der Waals surface area contributed by atoms with E-state index in [9.17, 15) is 9.18 Å². The van der Waals surface area contributed by atoms with E-state index in [4.69, 9.17) is 0 Å². The van der Waals surface area contributed by atoms with Crippen molar-refractivity contribution in [1.29, 1.82) is 0 Å². The number of nitrogens with one attached hydrogen (secondary N) is 2. The molecule has 0 aliphatic rings. The minimum Gasteiger partial charge on any atom is -0.361 e. The van der Waals surface area contributed by atoms with Gasteiger partial charge in [0.2, 0.25) is 0 Å². The zero-order chi connectivity index (χ0) is 18.1. The van der Waals surface area contributed by atoms with E-state index in [0.29, 0.717) is 28.5 Å². The number of hydrogen-bond donors (Lipinski definition) is 2. The molecule has 4 aromatic heterocycles. The third-order valence-corrected chi connectivity index (χ3v) is 3.86. The molecule has 0 saturated heterocycles. The Morgan fingerprint density at radius 3 is 2.81 bits per heavy atom. The first-order chi connectivity index (χ1) is 12.6. The predicted molar refractivity (Wildman–Crippen MR) is 93.1 cm³/mol. The van der Waals surface area contributed by atoms with E-state index in [1.54, 1.807) is 28.9 Å². The highest BCUT2D eigenvalue weighted by atomic mass is 19.1. The van der Waals surface area contributed by atoms with Crippen molar-refractivity contribution in [2.75, 3.05) is 5.32 Å². The fraction of sp³-hybridized carbons (Fsp3) is 0.118. The van der Waals surface area contributed by atoms with Gasteiger partial charge in [-0.25, -0.2) is 18.9 Å². The number of pyridine rings is 1. The van der Waals surface area contributed by atoms with E-state index < -0.39 is 0 Å². The summed E-state index contributed by atoms with van der Waals surface area (Å²) in [6.07, 6.45) is 4.12. The molecule has 0 radical (unpaired) electrons. The van der Waals surface area contributed by atoms with E-state index in [1.807, 2.05) is 6.92 Å². The Kier molecular flexibility index (Phi) is 3.88. The molecule has 0 saturated carbocycles. The lowest BCUT2D eigenvalue weighted by Crippen LogP contribution is -2.11. The van der Waals surface area contributed by atoms with Crippen LogP contribution in [0.3, 0.4) is 0 Å². The highest BCUT2D eigenvalue weighted by molar-refractivity contribution is 5.59. The van der Waals surface area contributed by atoms with Crippen molar-refractivity contribution in [3.05, 3.63) is 70.9 Å². The van der Waals surface area contributed by atoms with Crippen molar-refractivity contribution >= 4 is 11.5 Å². The Labute approximate surface area is 146 Å². The molecule has 2 N–H and O–H groups in total. The lowest BCUT2D eigenvalue weighted by molar-refractivity contribution is 0.617. The molecule has 0 aliphatic heterocycles. The van der Waals surface area contributed by atoms with Crippen LogP contribution in [0.5, 0.6) is 0 Å². The average Bonchev–Trinajstić information content (AvgIpc) is 3.05. The summed E-state index contributed by atoms with van der Waals surface area (Å²) in [5, 5.41) is 7.73. The maximum Gasteiger partial charge on any atom is 0.251 e. The van der Waals surface area contributed by atoms with Gasteiger partial charge in [-0.2, -0.15) is 0 Å². The average molecular weight is 351 g/mol. The number of anilines is 1. The fourth-order valence-electron chi connectivity index (χ4n) is 2.57. The van der Waals surface area contributed by atoms with Crippen molar-refractivity contribution < 1.29 is 4.39 Å². The second kappa shape index (κ2) is 6.36. The van der Waals surface area contributed by atoms with Crippen LogP contribution in [0.1, 0.15) is 18.7 Å². The molecular weight excluding hydrogens is 337 g/mol. The van der Waals surface area contributed by atoms with E-state index in [2.05, 4.69) is 30.4 Å². The molecule has 4 aromatic rings. The van der Waals surface area contributed by atoms with Gasteiger partial charge in [0.05, 0.1) is 36.2 Å². The van der Waals surface area contributed by atoms with Crippen molar-refractivity contribution in [2.45, 2.75) is 13.0 Å². The Morgan fingerprint density at radius 2 is 2.04 bits per heavy atom. The highest BCUT2D eigenvalue weighted by Crippen LogP contribution is 2.20. The first-order valence-corrected chi connectivity index (χ1v) is 7.88. The first-order valence-electron chi connectivity index (χ1n) is 7.88. The maximum absolute atomic E-state index is 13.0. The molecule has 4 rings (SSSR count). The molecule has 0 aromatic carbocycles. The maximum atomic E-state index is 13.0. The van der Waals surface area contributed by atoms with Gasteiger partial charge in [0.25, 0.3) is 5.56 Å². The number of rotatable bonds is 4. The van der Waals surface area contributed by atoms with Crippen LogP contribution in [0, 0.1) is 5.82 Å². The van der Waals surface area contributed by atoms with Crippen molar-refractivity contribution in [3.8, 4) is 11.4 Å². The Hall–Kier alpha value is -3.62. The SMILES string of the molecule is CC(Nc1ccc2ncc(-c3cc(=O)[nH]cn3)n2n1)c1ccc(F)cn1. The second-order valence-electron chi connectivity index (χ2n) is 5.70. The van der Waals surface area contributed by atoms with Gasteiger partial charge in [-0.15, -0.1) is 5.10 Å². The van der Waals surface area contributed by atoms with Gasteiger partial charge < -0.3 is 10.3 Å². The lowest BCUT2D eigenvalue weighted by atomic mass is 10.2. The molecule has 4 heterocycles. The van der Waals surface area contributed by atoms with Crippen LogP contribution in [0.25, 0.3) is 17.0 Å². The predicted octanol–water partition coefficient (Wildman–Crippen LogP) is 2.19. The van der Waals surface area contributed by atoms with E-state index in [0.717, 1.165) is 0 Å². The zero-order valence-electron chi connectivity index (χ0n) is 13.7. The number of aromatic nitrogens is 6. The van der Waals surface area contributed by atoms with Crippen molar-refractivity contribution in [2.24, 2.45) is 0 Å². The summed E-state index contributed by atoms with van der Waals surface area (Å²) in [4.78, 5) is 26.5. The molecule has 0 bridgehead atoms. The highest BCUT2D eigenvalue weighted by Gasteiger charge is 2.12. The van der Waals surface area contributed by atoms with Gasteiger partial charge >= 0.3 is 0 Å². The van der Waals surface area contributed by atoms with Crippen LogP contribution in [-0.2, 0) is 0 Å². The van der Waals surface area contributed by atoms with Gasteiger partial charge in [-0.1, -0.05) is 0 Å². The molecule has 1 atom stereocenters. The monoisotopic (exact) mass is 351 g/mol. The summed E-state index contributed by atoms with van der Waals surface area (Å²) in [5.41, 5.74) is 2.13. The molecule has 0 amide bonds. The molecule has 9 heteroatoms. The molecule has 8 nitrogen and oxygen atoms in total. The van der Waals surface area contributed by atoms with Crippen molar-refractivity contribution in [3.63, 3.8) is 0 Å². The Bertz CT molecular complexity index is 1120. The topological polar surface area (TPSA) is 101 Å². The summed E-state index contributed by atoms with van der Waals surface area (Å²) < 4.78 is 14.6. The van der Waals surface area contributed by atoms with Crippen LogP contribution in [0.4, 0.5) is 10.2 Å². The first kappa shape index (κ1) is 15.9. The number of halogens is 1. The molecular formula is C17H14FN7O. The standard InChI is InChI=1S/C17H14FN7O/c1-10(12-3-2-11(18)7-19-12)23-15-4-5-16-20-8-14(25(16)24-15)13-6-17(26)22-9-21-13/h2-10H,1H3,(H,23,24)(H,21,22,26). The summed E-state index contributed by atoms with van der Waals surface area (Å²) in [5.74, 6) is 0.203. The molecule has 0 fully saturated rings. The van der Waals surface area contributed by atoms with Gasteiger partial charge in [0.15, 0.2) is 5.65 Å². The fourth-order valence-corrected chi connectivity index (χ4v) is 2.57. The molecule has 0 aliphatic carbocycles. The number of imidazole rings is 1. The normalized spacial score (nSPS) is 12.2. The number of aromatic amines is 1. The molecule has 26 heavy (non-hydrogen) atoms. The van der Waals surface area contributed by atoms with E-state index >= 15 is 0 Å². The summed E-state index contributed by atoms with van der Waals surface area (Å²) in [6.45, 7) is 1.90. The van der Waals surface area contributed by atoms with Crippen LogP contribution in [0.15, 0.2) is 53.8 Å². The van der Waals surface area contributed by atoms with Crippen LogP contribution in [-0.4, -0.2) is 29.5 Å². The van der Waals surface area contributed by atoms with Crippen molar-refractivity contribution in [1.82, 2.24) is 29.5 Å². The molecule has 0 spiro atoms. The third kappa shape index (κ3) is 3.02. The summed E-state index contributed by atoms with van der Waals surface area (Å²) in [6, 6.07) is 7.79. The molecule has 1 unspecified atom stereocenters. The number of fused-ring (bicyclic) bond motifs is 1. The zero-order valence-corrected chi connectivity index (χ0v) is 13.7. The summed E-state index contributed by atoms with van der Waals surface area (Å²) >= 11 is 0. The third-order valence-electron chi connectivity index (χ3n) is 3.86. The second-order valence-corrected chi connectivity index (χ2v) is 5.70. The summed E-state index contributed by atoms with van der Waals surface area (Å²) in [7, 11) is 0. The smallest absolute Gasteiger partial charge is 0.251 e. The van der Waals surface area contributed by atoms with Crippen LogP contribution in [0.2, 0.25) is 0 Å². The molecule has 130 valence electrons. The van der Waals surface area contributed by atoms with Gasteiger partial charge in [0.1, 0.15) is 17.3 Å². The van der Waals surface area contributed by atoms with Gasteiger partial charge in [-0.3, -0.25) is 9.78 Å². The van der Waals surface area contributed by atoms with E-state index in [-0.39, 0.29) is 17.4 Å². The van der Waals surface area contributed by atoms with Gasteiger partial charge in [-0.05, 0) is 31.2 Å². The quantitative estimate of drug-likeness (QED) is 0.584. The largest absolute Gasteiger partial charge is 0.361 e. The lowest BCUT2D eigenvalue weighted by Gasteiger charge is -2.14. The number of hydrogen-bond acceptors (Lipinski definition) is 6. The Balaban J connectivity index is 1.67. The minimum absolute atomic E-state index is 0.176. The van der Waals surface area contributed by atoms with Gasteiger partial charge in [0, 0.05) is 6.07 Å².